The van der Waals surface area contributed by atoms with E-state index in [0.29, 0.717) is 12.0 Å². The van der Waals surface area contributed by atoms with Crippen LogP contribution < -0.4 is 10.6 Å². The van der Waals surface area contributed by atoms with Crippen LogP contribution >= 0.6 is 0 Å². The normalized spacial score (nSPS) is 12.5. The number of carbonyl (C=O) groups is 3. The first-order valence-electron chi connectivity index (χ1n) is 9.88. The number of benzene rings is 1. The number of nitrogens with one attached hydrogen (secondary N) is 2. The van der Waals surface area contributed by atoms with Crippen molar-refractivity contribution >= 4 is 17.8 Å². The highest BCUT2D eigenvalue weighted by atomic mass is 19.1. The standard InChI is InChI=1S/C22H31FN2O4/c1-4-5-6-7-8-9-13-19(22(28)29-3)25-21(27)20(24-16(2)26)15-17-11-10-12-18(23)14-17/h4,10-12,14,19-20H,1,5-9,13,15H2,2-3H3,(H,24,26)(H,25,27)/t19-,20+/m1/s1. The number of hydrogen-bond donors (Lipinski definition) is 2. The number of esters is 1. The number of allylic oxidation sites excluding steroid dienone is 1. The van der Waals surface area contributed by atoms with Crippen molar-refractivity contribution in [2.75, 3.05) is 7.11 Å². The van der Waals surface area contributed by atoms with Crippen LogP contribution in [0.15, 0.2) is 36.9 Å². The monoisotopic (exact) mass is 406 g/mol. The predicted octanol–water partition coefficient (Wildman–Crippen LogP) is 3.06. The largest absolute Gasteiger partial charge is 0.467 e. The van der Waals surface area contributed by atoms with Gasteiger partial charge in [-0.1, -0.05) is 37.5 Å². The minimum absolute atomic E-state index is 0.110. The van der Waals surface area contributed by atoms with Gasteiger partial charge in [0, 0.05) is 13.3 Å². The molecule has 0 aliphatic heterocycles. The van der Waals surface area contributed by atoms with E-state index >= 15 is 0 Å². The summed E-state index contributed by atoms with van der Waals surface area (Å²) in [5.74, 6) is -1.85. The van der Waals surface area contributed by atoms with Gasteiger partial charge in [0.05, 0.1) is 7.11 Å². The van der Waals surface area contributed by atoms with E-state index in [9.17, 15) is 18.8 Å². The number of amides is 2. The fraction of sp³-hybridized carbons (Fsp3) is 0.500. The lowest BCUT2D eigenvalue weighted by molar-refractivity contribution is -0.145. The van der Waals surface area contributed by atoms with Crippen LogP contribution in [-0.2, 0) is 25.5 Å². The molecule has 0 bridgehead atoms. The number of ether oxygens (including phenoxy) is 1. The van der Waals surface area contributed by atoms with Gasteiger partial charge in [-0.25, -0.2) is 9.18 Å². The average Bonchev–Trinajstić information content (AvgIpc) is 2.68. The van der Waals surface area contributed by atoms with Crippen molar-refractivity contribution < 1.29 is 23.5 Å². The Morgan fingerprint density at radius 2 is 1.86 bits per heavy atom. The molecule has 2 N–H and O–H groups in total. The fourth-order valence-corrected chi connectivity index (χ4v) is 3.01. The highest BCUT2D eigenvalue weighted by molar-refractivity contribution is 5.90. The number of carbonyl (C=O) groups excluding carboxylic acids is 3. The third-order valence-corrected chi connectivity index (χ3v) is 4.48. The molecule has 1 aromatic rings. The molecule has 160 valence electrons. The summed E-state index contributed by atoms with van der Waals surface area (Å²) < 4.78 is 18.2. The van der Waals surface area contributed by atoms with Crippen LogP contribution in [0.25, 0.3) is 0 Å². The average molecular weight is 406 g/mol. The van der Waals surface area contributed by atoms with E-state index < -0.39 is 35.7 Å². The van der Waals surface area contributed by atoms with Crippen LogP contribution in [0, 0.1) is 5.82 Å². The second-order valence-corrected chi connectivity index (χ2v) is 6.95. The highest BCUT2D eigenvalue weighted by Crippen LogP contribution is 2.11. The Bertz CT molecular complexity index is 693. The van der Waals surface area contributed by atoms with Crippen molar-refractivity contribution in [3.05, 3.63) is 48.3 Å². The Morgan fingerprint density at radius 3 is 2.48 bits per heavy atom. The minimum Gasteiger partial charge on any atom is -0.467 e. The van der Waals surface area contributed by atoms with E-state index in [1.165, 1.54) is 32.2 Å². The summed E-state index contributed by atoms with van der Waals surface area (Å²) >= 11 is 0. The maximum atomic E-state index is 13.4. The molecule has 2 atom stereocenters. The number of methoxy groups -OCH3 is 1. The first-order valence-corrected chi connectivity index (χ1v) is 9.88. The molecule has 0 saturated heterocycles. The van der Waals surface area contributed by atoms with Crippen molar-refractivity contribution in [2.24, 2.45) is 0 Å². The van der Waals surface area contributed by atoms with Crippen LogP contribution in [0.2, 0.25) is 0 Å². The third-order valence-electron chi connectivity index (χ3n) is 4.48. The zero-order valence-electron chi connectivity index (χ0n) is 17.2. The van der Waals surface area contributed by atoms with E-state index in [1.807, 2.05) is 6.08 Å². The molecule has 6 nitrogen and oxygen atoms in total. The van der Waals surface area contributed by atoms with E-state index in [1.54, 1.807) is 6.07 Å². The van der Waals surface area contributed by atoms with Gasteiger partial charge in [-0.3, -0.25) is 9.59 Å². The molecule has 7 heteroatoms. The zero-order valence-corrected chi connectivity index (χ0v) is 17.2. The van der Waals surface area contributed by atoms with Gasteiger partial charge >= 0.3 is 5.97 Å². The zero-order chi connectivity index (χ0) is 21.6. The van der Waals surface area contributed by atoms with Crippen molar-refractivity contribution in [1.29, 1.82) is 0 Å². The fourth-order valence-electron chi connectivity index (χ4n) is 3.01. The van der Waals surface area contributed by atoms with E-state index in [4.69, 9.17) is 4.74 Å². The van der Waals surface area contributed by atoms with E-state index in [2.05, 4.69) is 17.2 Å². The molecule has 0 saturated carbocycles. The van der Waals surface area contributed by atoms with Gasteiger partial charge in [0.15, 0.2) is 0 Å². The van der Waals surface area contributed by atoms with Crippen LogP contribution in [-0.4, -0.2) is 37.0 Å². The van der Waals surface area contributed by atoms with Gasteiger partial charge < -0.3 is 15.4 Å². The molecule has 0 unspecified atom stereocenters. The van der Waals surface area contributed by atoms with Crippen LogP contribution in [0.1, 0.15) is 51.0 Å². The van der Waals surface area contributed by atoms with Crippen LogP contribution in [0.3, 0.4) is 0 Å². The highest BCUT2D eigenvalue weighted by Gasteiger charge is 2.26. The third kappa shape index (κ3) is 9.87. The summed E-state index contributed by atoms with van der Waals surface area (Å²) in [5, 5.41) is 5.24. The van der Waals surface area contributed by atoms with Crippen molar-refractivity contribution in [2.45, 2.75) is 64.0 Å². The first-order chi connectivity index (χ1) is 13.9. The molecule has 1 rings (SSSR count). The molecule has 1 aromatic carbocycles. The van der Waals surface area contributed by atoms with Gasteiger partial charge in [0.25, 0.3) is 0 Å². The summed E-state index contributed by atoms with van der Waals surface area (Å²) in [4.78, 5) is 36.3. The first kappa shape index (κ1) is 24.3. The molecular formula is C22H31FN2O4. The maximum absolute atomic E-state index is 13.4. The summed E-state index contributed by atoms with van der Waals surface area (Å²) in [5.41, 5.74) is 0.565. The molecule has 29 heavy (non-hydrogen) atoms. The van der Waals surface area contributed by atoms with Crippen molar-refractivity contribution in [3.8, 4) is 0 Å². The van der Waals surface area contributed by atoms with E-state index in [0.717, 1.165) is 32.1 Å². The molecule has 2 amide bonds. The maximum Gasteiger partial charge on any atom is 0.328 e. The molecule has 0 fully saturated rings. The number of halogens is 1. The van der Waals surface area contributed by atoms with Crippen LogP contribution in [0.5, 0.6) is 0 Å². The molecule has 0 aromatic heterocycles. The predicted molar refractivity (Wildman–Crippen MR) is 110 cm³/mol. The summed E-state index contributed by atoms with van der Waals surface area (Å²) in [6.07, 6.45) is 7.12. The van der Waals surface area contributed by atoms with Gasteiger partial charge in [-0.15, -0.1) is 6.58 Å². The lowest BCUT2D eigenvalue weighted by Gasteiger charge is -2.22. The quantitative estimate of drug-likeness (QED) is 0.300. The molecule has 0 aliphatic carbocycles. The smallest absolute Gasteiger partial charge is 0.328 e. The second-order valence-electron chi connectivity index (χ2n) is 6.95. The SMILES string of the molecule is C=CCCCCCC[C@@H](NC(=O)[C@H](Cc1cccc(F)c1)NC(C)=O)C(=O)OC. The van der Waals surface area contributed by atoms with Crippen LogP contribution in [0.4, 0.5) is 4.39 Å². The number of rotatable bonds is 13. The summed E-state index contributed by atoms with van der Waals surface area (Å²) in [7, 11) is 1.27. The topological polar surface area (TPSA) is 84.5 Å². The number of unbranched alkanes of at least 4 members (excludes halogenated alkanes) is 4. The Balaban J connectivity index is 2.73. The molecular weight excluding hydrogens is 375 g/mol. The lowest BCUT2D eigenvalue weighted by atomic mass is 10.0. The van der Waals surface area contributed by atoms with Gasteiger partial charge in [0.2, 0.25) is 11.8 Å². The van der Waals surface area contributed by atoms with Gasteiger partial charge in [-0.2, -0.15) is 0 Å². The molecule has 0 spiro atoms. The Kier molecular flexibility index (Phi) is 11.3. The van der Waals surface area contributed by atoms with Crippen molar-refractivity contribution in [3.63, 3.8) is 0 Å². The van der Waals surface area contributed by atoms with Gasteiger partial charge in [0.1, 0.15) is 17.9 Å². The molecule has 0 radical (unpaired) electrons. The minimum atomic E-state index is -0.922. The Labute approximate surface area is 171 Å². The Hall–Kier alpha value is -2.70. The molecule has 0 heterocycles. The summed E-state index contributed by atoms with van der Waals surface area (Å²) in [6, 6.07) is 4.11. The lowest BCUT2D eigenvalue weighted by Crippen LogP contribution is -2.52. The second kappa shape index (κ2) is 13.5. The van der Waals surface area contributed by atoms with Gasteiger partial charge in [-0.05, 0) is 37.0 Å². The Morgan fingerprint density at radius 1 is 1.14 bits per heavy atom. The number of hydrogen-bond acceptors (Lipinski definition) is 4. The van der Waals surface area contributed by atoms with E-state index in [-0.39, 0.29) is 6.42 Å². The molecule has 0 aliphatic rings. The summed E-state index contributed by atoms with van der Waals surface area (Å²) in [6.45, 7) is 4.98. The van der Waals surface area contributed by atoms with Crippen molar-refractivity contribution in [1.82, 2.24) is 10.6 Å².